The van der Waals surface area contributed by atoms with Crippen molar-refractivity contribution in [3.05, 3.63) is 45.5 Å². The SMILES string of the molecule is COCOc1cc(Br)c(C/C=C(\C)CCC=C(C)C)cc1OCOC. The molecule has 0 bridgehead atoms. The van der Waals surface area contributed by atoms with Crippen LogP contribution in [0.3, 0.4) is 0 Å². The summed E-state index contributed by atoms with van der Waals surface area (Å²) in [6, 6.07) is 3.89. The highest BCUT2D eigenvalue weighted by Crippen LogP contribution is 2.34. The second-order valence-electron chi connectivity index (χ2n) is 6.07. The number of hydrogen-bond acceptors (Lipinski definition) is 4. The molecule has 25 heavy (non-hydrogen) atoms. The Morgan fingerprint density at radius 3 is 2.12 bits per heavy atom. The minimum Gasteiger partial charge on any atom is -0.464 e. The summed E-state index contributed by atoms with van der Waals surface area (Å²) in [5.41, 5.74) is 3.88. The molecule has 5 heteroatoms. The molecule has 4 nitrogen and oxygen atoms in total. The van der Waals surface area contributed by atoms with Gasteiger partial charge in [0.25, 0.3) is 0 Å². The van der Waals surface area contributed by atoms with Crippen molar-refractivity contribution >= 4 is 15.9 Å². The van der Waals surface area contributed by atoms with Gasteiger partial charge < -0.3 is 18.9 Å². The summed E-state index contributed by atoms with van der Waals surface area (Å²) in [4.78, 5) is 0. The van der Waals surface area contributed by atoms with Crippen molar-refractivity contribution < 1.29 is 18.9 Å². The minimum atomic E-state index is 0.165. The molecule has 0 fully saturated rings. The summed E-state index contributed by atoms with van der Waals surface area (Å²) in [5, 5.41) is 0. The molecular weight excluding hydrogens is 384 g/mol. The van der Waals surface area contributed by atoms with E-state index in [0.717, 1.165) is 29.3 Å². The molecule has 0 saturated carbocycles. The fourth-order valence-electron chi connectivity index (χ4n) is 2.18. The number of allylic oxidation sites excluding steroid dienone is 4. The van der Waals surface area contributed by atoms with Gasteiger partial charge >= 0.3 is 0 Å². The smallest absolute Gasteiger partial charge is 0.188 e. The number of ether oxygens (including phenoxy) is 4. The third-order valence-electron chi connectivity index (χ3n) is 3.54. The lowest BCUT2D eigenvalue weighted by Gasteiger charge is -2.14. The van der Waals surface area contributed by atoms with E-state index in [1.165, 1.54) is 11.1 Å². The van der Waals surface area contributed by atoms with Crippen LogP contribution in [0.2, 0.25) is 0 Å². The maximum atomic E-state index is 5.63. The molecule has 0 amide bonds. The molecule has 0 aliphatic heterocycles. The van der Waals surface area contributed by atoms with Crippen LogP contribution in [0.25, 0.3) is 0 Å². The van der Waals surface area contributed by atoms with Crippen molar-refractivity contribution in [2.24, 2.45) is 0 Å². The van der Waals surface area contributed by atoms with Crippen molar-refractivity contribution in [2.45, 2.75) is 40.0 Å². The molecule has 0 saturated heterocycles. The lowest BCUT2D eigenvalue weighted by atomic mass is 10.1. The third-order valence-corrected chi connectivity index (χ3v) is 4.28. The quantitative estimate of drug-likeness (QED) is 0.347. The summed E-state index contributed by atoms with van der Waals surface area (Å²) in [6.07, 6.45) is 7.51. The number of hydrogen-bond donors (Lipinski definition) is 0. The van der Waals surface area contributed by atoms with Crippen molar-refractivity contribution in [3.8, 4) is 11.5 Å². The van der Waals surface area contributed by atoms with E-state index in [9.17, 15) is 0 Å². The van der Waals surface area contributed by atoms with E-state index < -0.39 is 0 Å². The topological polar surface area (TPSA) is 36.9 Å². The average molecular weight is 413 g/mol. The van der Waals surface area contributed by atoms with Crippen molar-refractivity contribution in [1.29, 1.82) is 0 Å². The Hall–Kier alpha value is -1.30. The molecule has 0 spiro atoms. The molecule has 140 valence electrons. The molecule has 1 aromatic carbocycles. The number of benzene rings is 1. The lowest BCUT2D eigenvalue weighted by molar-refractivity contribution is 0.0322. The van der Waals surface area contributed by atoms with E-state index in [2.05, 4.69) is 48.9 Å². The molecule has 0 unspecified atom stereocenters. The number of rotatable bonds is 11. The van der Waals surface area contributed by atoms with E-state index in [1.54, 1.807) is 14.2 Å². The van der Waals surface area contributed by atoms with Crippen LogP contribution in [-0.2, 0) is 15.9 Å². The predicted molar refractivity (Wildman–Crippen MR) is 105 cm³/mol. The zero-order valence-corrected chi connectivity index (χ0v) is 17.4. The van der Waals surface area contributed by atoms with Crippen molar-refractivity contribution in [3.63, 3.8) is 0 Å². The third kappa shape index (κ3) is 8.56. The second kappa shape index (κ2) is 12.1. The summed E-state index contributed by atoms with van der Waals surface area (Å²) in [7, 11) is 3.18. The maximum absolute atomic E-state index is 5.63. The number of methoxy groups -OCH3 is 2. The van der Waals surface area contributed by atoms with Gasteiger partial charge in [0.1, 0.15) is 0 Å². The van der Waals surface area contributed by atoms with Crippen LogP contribution in [0.5, 0.6) is 11.5 Å². The molecule has 0 radical (unpaired) electrons. The van der Waals surface area contributed by atoms with Gasteiger partial charge in [0, 0.05) is 18.7 Å². The molecule has 0 aromatic heterocycles. The van der Waals surface area contributed by atoms with Crippen LogP contribution >= 0.6 is 15.9 Å². The first-order valence-corrected chi connectivity index (χ1v) is 9.12. The fraction of sp³-hybridized carbons (Fsp3) is 0.500. The van der Waals surface area contributed by atoms with Gasteiger partial charge in [-0.25, -0.2) is 0 Å². The standard InChI is InChI=1S/C20H29BrO4/c1-15(2)7-6-8-16(3)9-10-17-11-19(24-13-22-4)20(12-18(17)21)25-14-23-5/h7,9,11-12H,6,8,10,13-14H2,1-5H3/b16-9+. The molecule has 0 aliphatic rings. The summed E-state index contributed by atoms with van der Waals surface area (Å²) >= 11 is 3.62. The molecule has 0 N–H and O–H groups in total. The van der Waals surface area contributed by atoms with Gasteiger partial charge in [0.2, 0.25) is 0 Å². The molecule has 1 aromatic rings. The monoisotopic (exact) mass is 412 g/mol. The maximum Gasteiger partial charge on any atom is 0.188 e. The van der Waals surface area contributed by atoms with Gasteiger partial charge in [-0.2, -0.15) is 0 Å². The zero-order valence-electron chi connectivity index (χ0n) is 15.9. The van der Waals surface area contributed by atoms with Crippen LogP contribution in [0, 0.1) is 0 Å². The van der Waals surface area contributed by atoms with Gasteiger partial charge in [-0.05, 0) is 57.7 Å². The molecular formula is C20H29BrO4. The summed E-state index contributed by atoms with van der Waals surface area (Å²) < 4.78 is 22.1. The average Bonchev–Trinajstić information content (AvgIpc) is 2.57. The zero-order chi connectivity index (χ0) is 18.7. The Morgan fingerprint density at radius 2 is 1.56 bits per heavy atom. The van der Waals surface area contributed by atoms with Crippen molar-refractivity contribution in [1.82, 2.24) is 0 Å². The normalized spacial score (nSPS) is 11.4. The van der Waals surface area contributed by atoms with Gasteiger partial charge in [-0.15, -0.1) is 0 Å². The van der Waals surface area contributed by atoms with Gasteiger partial charge in [-0.1, -0.05) is 39.2 Å². The minimum absolute atomic E-state index is 0.165. The number of halogens is 1. The van der Waals surface area contributed by atoms with Gasteiger partial charge in [-0.3, -0.25) is 0 Å². The van der Waals surface area contributed by atoms with E-state index in [-0.39, 0.29) is 13.6 Å². The summed E-state index contributed by atoms with van der Waals surface area (Å²) in [5.74, 6) is 1.27. The first-order chi connectivity index (χ1) is 12.0. The molecule has 0 aliphatic carbocycles. The van der Waals surface area contributed by atoms with Crippen LogP contribution in [0.1, 0.15) is 39.2 Å². The second-order valence-corrected chi connectivity index (χ2v) is 6.92. The highest BCUT2D eigenvalue weighted by atomic mass is 79.9. The Morgan fingerprint density at radius 1 is 0.960 bits per heavy atom. The summed E-state index contributed by atoms with van der Waals surface area (Å²) in [6.45, 7) is 6.77. The Bertz CT molecular complexity index is 590. The first-order valence-electron chi connectivity index (χ1n) is 8.32. The van der Waals surface area contributed by atoms with Crippen LogP contribution in [0.4, 0.5) is 0 Å². The molecule has 0 atom stereocenters. The van der Waals surface area contributed by atoms with Gasteiger partial charge in [0.15, 0.2) is 25.1 Å². The van der Waals surface area contributed by atoms with Gasteiger partial charge in [0.05, 0.1) is 0 Å². The molecule has 0 heterocycles. The van der Waals surface area contributed by atoms with E-state index >= 15 is 0 Å². The van der Waals surface area contributed by atoms with E-state index in [0.29, 0.717) is 11.5 Å². The van der Waals surface area contributed by atoms with Crippen molar-refractivity contribution in [2.75, 3.05) is 27.8 Å². The Labute approximate surface area is 159 Å². The first kappa shape index (κ1) is 21.7. The highest BCUT2D eigenvalue weighted by Gasteiger charge is 2.11. The van der Waals surface area contributed by atoms with Crippen LogP contribution in [0.15, 0.2) is 39.9 Å². The van der Waals surface area contributed by atoms with Crippen LogP contribution < -0.4 is 9.47 Å². The Balaban J connectivity index is 2.85. The van der Waals surface area contributed by atoms with Crippen LogP contribution in [-0.4, -0.2) is 27.8 Å². The fourth-order valence-corrected chi connectivity index (χ4v) is 2.66. The highest BCUT2D eigenvalue weighted by molar-refractivity contribution is 9.10. The Kier molecular flexibility index (Phi) is 10.5. The predicted octanol–water partition coefficient (Wildman–Crippen LogP) is 5.65. The molecule has 1 rings (SSSR count). The largest absolute Gasteiger partial charge is 0.464 e. The van der Waals surface area contributed by atoms with E-state index in [1.807, 2.05) is 12.1 Å². The van der Waals surface area contributed by atoms with E-state index in [4.69, 9.17) is 18.9 Å². The lowest BCUT2D eigenvalue weighted by Crippen LogP contribution is -2.05.